The van der Waals surface area contributed by atoms with Crippen LogP contribution in [0.25, 0.3) is 0 Å². The van der Waals surface area contributed by atoms with Gasteiger partial charge < -0.3 is 10.2 Å². The van der Waals surface area contributed by atoms with Gasteiger partial charge in [-0.15, -0.1) is 0 Å². The first-order chi connectivity index (χ1) is 22.6. The Morgan fingerprint density at radius 2 is 1.48 bits per heavy atom. The number of anilines is 1. The Labute approximate surface area is 292 Å². The molecular formula is C34H31Cl3F3N3O4S. The van der Waals surface area contributed by atoms with Gasteiger partial charge in [-0.3, -0.25) is 13.9 Å². The Hall–Kier alpha value is -3.77. The van der Waals surface area contributed by atoms with E-state index in [1.165, 1.54) is 24.3 Å². The highest BCUT2D eigenvalue weighted by atomic mass is 35.5. The van der Waals surface area contributed by atoms with Gasteiger partial charge in [0.15, 0.2) is 0 Å². The Kier molecular flexibility index (Phi) is 12.1. The minimum absolute atomic E-state index is 0.0182. The van der Waals surface area contributed by atoms with Crippen molar-refractivity contribution in [2.45, 2.75) is 43.9 Å². The number of carbonyl (C=O) groups excluding carboxylic acids is 2. The standard InChI is InChI=1S/C34H31Cl3F3N3O4S/c1-3-41-33(45)31(18-23-8-5-4-6-9-23)42(20-26-28(35)10-7-11-29(26)36)32(44)21-43(48(46,47)25-15-12-22(2)13-16-25)24-14-17-30(37)27(19-24)34(38,39)40/h4-17,19,31H,3,18,20-21H2,1-2H3,(H,41,45)/t31-/m0/s1. The van der Waals surface area contributed by atoms with E-state index in [9.17, 15) is 31.2 Å². The van der Waals surface area contributed by atoms with E-state index >= 15 is 0 Å². The molecular weight excluding hydrogens is 710 g/mol. The number of benzene rings is 4. The van der Waals surface area contributed by atoms with Crippen molar-refractivity contribution in [3.05, 3.63) is 128 Å². The minimum Gasteiger partial charge on any atom is -0.355 e. The second-order valence-corrected chi connectivity index (χ2v) is 13.9. The Morgan fingerprint density at radius 3 is 2.06 bits per heavy atom. The van der Waals surface area contributed by atoms with Gasteiger partial charge >= 0.3 is 6.18 Å². The molecule has 2 amide bonds. The van der Waals surface area contributed by atoms with Crippen molar-refractivity contribution in [2.75, 3.05) is 17.4 Å². The highest BCUT2D eigenvalue weighted by Crippen LogP contribution is 2.38. The third-order valence-electron chi connectivity index (χ3n) is 7.44. The summed E-state index contributed by atoms with van der Waals surface area (Å²) in [6.45, 7) is 2.35. The average molecular weight is 741 g/mol. The summed E-state index contributed by atoms with van der Waals surface area (Å²) in [6.07, 6.45) is -4.91. The van der Waals surface area contributed by atoms with Crippen molar-refractivity contribution in [1.29, 1.82) is 0 Å². The first kappa shape index (κ1) is 37.1. The fourth-order valence-corrected chi connectivity index (χ4v) is 7.10. The van der Waals surface area contributed by atoms with Crippen LogP contribution in [0.2, 0.25) is 15.1 Å². The van der Waals surface area contributed by atoms with Gasteiger partial charge in [0.25, 0.3) is 10.0 Å². The summed E-state index contributed by atoms with van der Waals surface area (Å²) in [6, 6.07) is 20.5. The number of hydrogen-bond donors (Lipinski definition) is 1. The third-order valence-corrected chi connectivity index (χ3v) is 10.3. The van der Waals surface area contributed by atoms with Crippen molar-refractivity contribution in [2.24, 2.45) is 0 Å². The number of rotatable bonds is 12. The molecule has 0 aromatic heterocycles. The number of alkyl halides is 3. The molecule has 0 radical (unpaired) electrons. The quantitative estimate of drug-likeness (QED) is 0.160. The molecule has 7 nitrogen and oxygen atoms in total. The van der Waals surface area contributed by atoms with Crippen LogP contribution in [-0.4, -0.2) is 44.3 Å². The van der Waals surface area contributed by atoms with Gasteiger partial charge in [0.1, 0.15) is 12.6 Å². The van der Waals surface area contributed by atoms with E-state index < -0.39 is 56.9 Å². The summed E-state index contributed by atoms with van der Waals surface area (Å²) in [5.74, 6) is -1.45. The molecule has 0 saturated heterocycles. The molecule has 0 aliphatic rings. The molecule has 254 valence electrons. The van der Waals surface area contributed by atoms with Crippen molar-refractivity contribution in [3.8, 4) is 0 Å². The van der Waals surface area contributed by atoms with Gasteiger partial charge in [0.05, 0.1) is 21.2 Å². The van der Waals surface area contributed by atoms with E-state index in [4.69, 9.17) is 34.8 Å². The Bertz CT molecular complexity index is 1860. The fourth-order valence-electron chi connectivity index (χ4n) is 4.95. The van der Waals surface area contributed by atoms with Crippen LogP contribution in [0.5, 0.6) is 0 Å². The largest absolute Gasteiger partial charge is 0.417 e. The molecule has 4 aromatic carbocycles. The van der Waals surface area contributed by atoms with E-state index in [1.54, 1.807) is 62.4 Å². The summed E-state index contributed by atoms with van der Waals surface area (Å²) in [7, 11) is -4.66. The Balaban J connectivity index is 1.89. The summed E-state index contributed by atoms with van der Waals surface area (Å²) in [5, 5.41) is 2.44. The maximum absolute atomic E-state index is 14.5. The molecule has 48 heavy (non-hydrogen) atoms. The first-order valence-corrected chi connectivity index (χ1v) is 17.2. The molecule has 0 fully saturated rings. The molecule has 4 rings (SSSR count). The lowest BCUT2D eigenvalue weighted by molar-refractivity contribution is -0.140. The molecule has 0 saturated carbocycles. The minimum atomic E-state index is -4.93. The van der Waals surface area contributed by atoms with Crippen molar-refractivity contribution < 1.29 is 31.2 Å². The zero-order valence-electron chi connectivity index (χ0n) is 25.8. The molecule has 0 unspecified atom stereocenters. The molecule has 0 aliphatic carbocycles. The van der Waals surface area contributed by atoms with Crippen molar-refractivity contribution in [3.63, 3.8) is 0 Å². The zero-order valence-corrected chi connectivity index (χ0v) is 28.9. The molecule has 1 N–H and O–H groups in total. The zero-order chi connectivity index (χ0) is 35.2. The second kappa shape index (κ2) is 15.6. The number of amides is 2. The fraction of sp³-hybridized carbons (Fsp3) is 0.235. The van der Waals surface area contributed by atoms with E-state index in [-0.39, 0.29) is 40.0 Å². The van der Waals surface area contributed by atoms with Crippen molar-refractivity contribution >= 4 is 62.3 Å². The normalized spacial score (nSPS) is 12.3. The van der Waals surface area contributed by atoms with Crippen LogP contribution in [0.15, 0.2) is 95.9 Å². The molecule has 0 heterocycles. The van der Waals surface area contributed by atoms with Crippen LogP contribution in [-0.2, 0) is 38.8 Å². The third kappa shape index (κ3) is 8.82. The van der Waals surface area contributed by atoms with E-state index in [0.29, 0.717) is 15.9 Å². The predicted octanol–water partition coefficient (Wildman–Crippen LogP) is 7.95. The molecule has 0 spiro atoms. The summed E-state index contributed by atoms with van der Waals surface area (Å²) in [4.78, 5) is 29.0. The molecule has 0 bridgehead atoms. The number of sulfonamides is 1. The SMILES string of the molecule is CCNC(=O)[C@H](Cc1ccccc1)N(Cc1c(Cl)cccc1Cl)C(=O)CN(c1ccc(Cl)c(C(F)(F)F)c1)S(=O)(=O)c1ccc(C)cc1. The number of nitrogens with zero attached hydrogens (tertiary/aromatic N) is 2. The van der Waals surface area contributed by atoms with Gasteiger partial charge in [-0.1, -0.05) is 88.9 Å². The lowest BCUT2D eigenvalue weighted by Crippen LogP contribution is -2.53. The van der Waals surface area contributed by atoms with E-state index in [1.807, 2.05) is 0 Å². The maximum atomic E-state index is 14.5. The van der Waals surface area contributed by atoms with Crippen LogP contribution in [0, 0.1) is 6.92 Å². The number of carbonyl (C=O) groups is 2. The van der Waals surface area contributed by atoms with Crippen LogP contribution < -0.4 is 9.62 Å². The first-order valence-electron chi connectivity index (χ1n) is 14.6. The van der Waals surface area contributed by atoms with Gasteiger partial charge in [-0.2, -0.15) is 13.2 Å². The molecule has 14 heteroatoms. The van der Waals surface area contributed by atoms with Gasteiger partial charge in [-0.05, 0) is 61.9 Å². The molecule has 4 aromatic rings. The highest BCUT2D eigenvalue weighted by molar-refractivity contribution is 7.92. The lowest BCUT2D eigenvalue weighted by Gasteiger charge is -2.34. The lowest BCUT2D eigenvalue weighted by atomic mass is 10.0. The highest BCUT2D eigenvalue weighted by Gasteiger charge is 2.38. The summed E-state index contributed by atoms with van der Waals surface area (Å²) < 4.78 is 70.7. The van der Waals surface area contributed by atoms with Crippen LogP contribution >= 0.6 is 34.8 Å². The number of halogens is 6. The summed E-state index contributed by atoms with van der Waals surface area (Å²) >= 11 is 18.8. The van der Waals surface area contributed by atoms with Crippen molar-refractivity contribution in [1.82, 2.24) is 10.2 Å². The topological polar surface area (TPSA) is 86.8 Å². The van der Waals surface area contributed by atoms with E-state index in [0.717, 1.165) is 22.6 Å². The molecule has 1 atom stereocenters. The van der Waals surface area contributed by atoms with E-state index in [2.05, 4.69) is 5.32 Å². The van der Waals surface area contributed by atoms with Crippen LogP contribution in [0.3, 0.4) is 0 Å². The predicted molar refractivity (Wildman–Crippen MR) is 182 cm³/mol. The summed E-state index contributed by atoms with van der Waals surface area (Å²) in [5.41, 5.74) is -0.0455. The smallest absolute Gasteiger partial charge is 0.355 e. The van der Waals surface area contributed by atoms with Gasteiger partial charge in [0.2, 0.25) is 11.8 Å². The number of hydrogen-bond acceptors (Lipinski definition) is 4. The van der Waals surface area contributed by atoms with Crippen LogP contribution in [0.4, 0.5) is 18.9 Å². The number of aryl methyl sites for hydroxylation is 1. The second-order valence-electron chi connectivity index (χ2n) is 10.8. The van der Waals surface area contributed by atoms with Crippen LogP contribution in [0.1, 0.15) is 29.2 Å². The average Bonchev–Trinajstić information content (AvgIpc) is 3.03. The number of nitrogens with one attached hydrogen (secondary N) is 1. The van der Waals surface area contributed by atoms with Gasteiger partial charge in [-0.25, -0.2) is 8.42 Å². The number of likely N-dealkylation sites (N-methyl/N-ethyl adjacent to an activating group) is 1. The van der Waals surface area contributed by atoms with Gasteiger partial charge in [0, 0.05) is 35.1 Å². The maximum Gasteiger partial charge on any atom is 0.417 e. The molecule has 0 aliphatic heterocycles. The Morgan fingerprint density at radius 1 is 0.854 bits per heavy atom. The monoisotopic (exact) mass is 739 g/mol.